The van der Waals surface area contributed by atoms with Crippen molar-refractivity contribution >= 4 is 17.3 Å². The molecule has 21 heavy (non-hydrogen) atoms. The van der Waals surface area contributed by atoms with Gasteiger partial charge >= 0.3 is 0 Å². The van der Waals surface area contributed by atoms with Crippen LogP contribution in [0, 0.1) is 6.92 Å². The molecular weight excluding hydrogens is 268 g/mol. The van der Waals surface area contributed by atoms with Crippen molar-refractivity contribution in [2.24, 2.45) is 0 Å². The summed E-state index contributed by atoms with van der Waals surface area (Å²) in [7, 11) is 0. The molecule has 0 atom stereocenters. The van der Waals surface area contributed by atoms with Crippen molar-refractivity contribution in [2.75, 3.05) is 23.8 Å². The first kappa shape index (κ1) is 15.1. The largest absolute Gasteiger partial charge is 0.397 e. The number of para-hydroxylation sites is 2. The van der Waals surface area contributed by atoms with Crippen LogP contribution in [0.3, 0.4) is 0 Å². The fraction of sp³-hybridized carbons (Fsp3) is 0.333. The molecule has 1 aromatic heterocycles. The summed E-state index contributed by atoms with van der Waals surface area (Å²) < 4.78 is 1.65. The van der Waals surface area contributed by atoms with Gasteiger partial charge in [0.1, 0.15) is 5.69 Å². The van der Waals surface area contributed by atoms with Gasteiger partial charge in [-0.05, 0) is 32.0 Å². The van der Waals surface area contributed by atoms with E-state index in [1.807, 2.05) is 19.9 Å². The van der Waals surface area contributed by atoms with Crippen molar-refractivity contribution < 1.29 is 9.90 Å². The third-order valence-corrected chi connectivity index (χ3v) is 3.22. The lowest BCUT2D eigenvalue weighted by molar-refractivity contribution is 0.0971. The molecule has 3 N–H and O–H groups in total. The summed E-state index contributed by atoms with van der Waals surface area (Å²) in [6.45, 7) is 4.42. The second kappa shape index (κ2) is 6.41. The highest BCUT2D eigenvalue weighted by Crippen LogP contribution is 2.24. The highest BCUT2D eigenvalue weighted by Gasteiger charge is 2.22. The summed E-state index contributed by atoms with van der Waals surface area (Å²) in [5.74, 6) is -0.218. The summed E-state index contributed by atoms with van der Waals surface area (Å²) in [4.78, 5) is 14.3. The molecule has 0 saturated carbocycles. The van der Waals surface area contributed by atoms with Gasteiger partial charge in [0, 0.05) is 13.1 Å². The van der Waals surface area contributed by atoms with Gasteiger partial charge in [-0.2, -0.15) is 5.10 Å². The fourth-order valence-electron chi connectivity index (χ4n) is 2.26. The fourth-order valence-corrected chi connectivity index (χ4v) is 2.26. The number of anilines is 2. The summed E-state index contributed by atoms with van der Waals surface area (Å²) in [6, 6.07) is 8.86. The molecule has 1 heterocycles. The van der Waals surface area contributed by atoms with E-state index < -0.39 is 0 Å². The first-order valence-electron chi connectivity index (χ1n) is 6.90. The zero-order chi connectivity index (χ0) is 15.4. The van der Waals surface area contributed by atoms with E-state index in [1.165, 1.54) is 4.90 Å². The van der Waals surface area contributed by atoms with Gasteiger partial charge in [0.15, 0.2) is 0 Å². The molecule has 0 radical (unpaired) electrons. The second-order valence-electron chi connectivity index (χ2n) is 4.73. The van der Waals surface area contributed by atoms with Crippen LogP contribution in [0.25, 0.3) is 0 Å². The number of nitrogens with zero attached hydrogens (tertiary/aromatic N) is 3. The molecule has 0 spiro atoms. The molecule has 1 amide bonds. The third kappa shape index (κ3) is 3.05. The van der Waals surface area contributed by atoms with Crippen molar-refractivity contribution in [1.82, 2.24) is 9.78 Å². The number of carbonyl (C=O) groups is 1. The molecule has 0 bridgehead atoms. The minimum absolute atomic E-state index is 0.140. The van der Waals surface area contributed by atoms with Crippen LogP contribution < -0.4 is 10.6 Å². The first-order valence-corrected chi connectivity index (χ1v) is 6.90. The Morgan fingerprint density at radius 3 is 2.76 bits per heavy atom. The minimum Gasteiger partial charge on any atom is -0.397 e. The van der Waals surface area contributed by atoms with E-state index in [1.54, 1.807) is 28.9 Å². The Balaban J connectivity index is 2.43. The lowest BCUT2D eigenvalue weighted by Crippen LogP contribution is -2.35. The van der Waals surface area contributed by atoms with E-state index in [0.29, 0.717) is 23.6 Å². The lowest BCUT2D eigenvalue weighted by Gasteiger charge is -2.23. The number of hydrogen-bond donors (Lipinski definition) is 2. The Hall–Kier alpha value is -2.34. The van der Waals surface area contributed by atoms with Gasteiger partial charge in [-0.3, -0.25) is 9.48 Å². The van der Waals surface area contributed by atoms with Crippen LogP contribution in [-0.4, -0.2) is 33.9 Å². The van der Waals surface area contributed by atoms with Gasteiger partial charge in [0.05, 0.1) is 23.7 Å². The zero-order valence-corrected chi connectivity index (χ0v) is 12.3. The SMILES string of the molecule is CCn1nc(C)cc1C(=O)N(CCO)c1ccccc1N. The normalized spacial score (nSPS) is 10.6. The Kier molecular flexibility index (Phi) is 4.59. The third-order valence-electron chi connectivity index (χ3n) is 3.22. The molecule has 112 valence electrons. The smallest absolute Gasteiger partial charge is 0.276 e. The number of aromatic nitrogens is 2. The Morgan fingerprint density at radius 2 is 2.14 bits per heavy atom. The average molecular weight is 288 g/mol. The molecule has 6 heteroatoms. The Bertz CT molecular complexity index is 636. The maximum atomic E-state index is 12.8. The number of aryl methyl sites for hydroxylation is 2. The number of amides is 1. The van der Waals surface area contributed by atoms with Crippen molar-refractivity contribution in [2.45, 2.75) is 20.4 Å². The van der Waals surface area contributed by atoms with Crippen LogP contribution in [-0.2, 0) is 6.54 Å². The molecule has 0 saturated heterocycles. The van der Waals surface area contributed by atoms with Gasteiger partial charge in [0.25, 0.3) is 5.91 Å². The van der Waals surface area contributed by atoms with Gasteiger partial charge in [0.2, 0.25) is 0 Å². The molecule has 0 aliphatic carbocycles. The predicted octanol–water partition coefficient (Wildman–Crippen LogP) is 1.43. The number of nitrogen functional groups attached to an aromatic ring is 1. The van der Waals surface area contributed by atoms with E-state index in [9.17, 15) is 9.90 Å². The second-order valence-corrected chi connectivity index (χ2v) is 4.73. The van der Waals surface area contributed by atoms with Crippen LogP contribution in [0.1, 0.15) is 23.1 Å². The number of hydrogen-bond acceptors (Lipinski definition) is 4. The minimum atomic E-state index is -0.218. The maximum absolute atomic E-state index is 12.8. The highest BCUT2D eigenvalue weighted by atomic mass is 16.3. The topological polar surface area (TPSA) is 84.4 Å². The number of aliphatic hydroxyl groups excluding tert-OH is 1. The van der Waals surface area contributed by atoms with Crippen LogP contribution in [0.15, 0.2) is 30.3 Å². The number of nitrogens with two attached hydrogens (primary N) is 1. The number of rotatable bonds is 5. The molecule has 0 aliphatic heterocycles. The van der Waals surface area contributed by atoms with Crippen molar-refractivity contribution in [1.29, 1.82) is 0 Å². The van der Waals surface area contributed by atoms with Crippen molar-refractivity contribution in [3.05, 3.63) is 41.7 Å². The summed E-state index contributed by atoms with van der Waals surface area (Å²) in [5.41, 5.74) is 8.31. The Labute approximate surface area is 123 Å². The number of carbonyl (C=O) groups excluding carboxylic acids is 1. The molecular formula is C15H20N4O2. The molecule has 1 aromatic carbocycles. The number of benzene rings is 1. The van der Waals surface area contributed by atoms with Crippen LogP contribution in [0.4, 0.5) is 11.4 Å². The first-order chi connectivity index (χ1) is 10.1. The van der Waals surface area contributed by atoms with Gasteiger partial charge in [-0.25, -0.2) is 0 Å². The molecule has 0 aliphatic rings. The van der Waals surface area contributed by atoms with Gasteiger partial charge < -0.3 is 15.7 Å². The van der Waals surface area contributed by atoms with Crippen LogP contribution in [0.2, 0.25) is 0 Å². The molecule has 2 aromatic rings. The lowest BCUT2D eigenvalue weighted by atomic mass is 10.2. The molecule has 2 rings (SSSR count). The number of aliphatic hydroxyl groups is 1. The van der Waals surface area contributed by atoms with Crippen LogP contribution >= 0.6 is 0 Å². The van der Waals surface area contributed by atoms with Crippen LogP contribution in [0.5, 0.6) is 0 Å². The van der Waals surface area contributed by atoms with E-state index in [4.69, 9.17) is 5.73 Å². The van der Waals surface area contributed by atoms with Gasteiger partial charge in [-0.1, -0.05) is 12.1 Å². The molecule has 0 fully saturated rings. The molecule has 0 unspecified atom stereocenters. The summed E-state index contributed by atoms with van der Waals surface area (Å²) in [5, 5.41) is 13.5. The van der Waals surface area contributed by atoms with Crippen molar-refractivity contribution in [3.8, 4) is 0 Å². The standard InChI is InChI=1S/C15H20N4O2/c1-3-19-14(10-11(2)17-19)15(21)18(8-9-20)13-7-5-4-6-12(13)16/h4-7,10,20H,3,8-9,16H2,1-2H3. The average Bonchev–Trinajstić information content (AvgIpc) is 2.86. The predicted molar refractivity (Wildman–Crippen MR) is 82.3 cm³/mol. The highest BCUT2D eigenvalue weighted by molar-refractivity contribution is 6.06. The Morgan fingerprint density at radius 1 is 1.43 bits per heavy atom. The quantitative estimate of drug-likeness (QED) is 0.815. The maximum Gasteiger partial charge on any atom is 0.276 e. The zero-order valence-electron chi connectivity index (χ0n) is 12.3. The summed E-state index contributed by atoms with van der Waals surface area (Å²) >= 11 is 0. The van der Waals surface area contributed by atoms with E-state index in [2.05, 4.69) is 5.10 Å². The van der Waals surface area contributed by atoms with E-state index in [0.717, 1.165) is 5.69 Å². The molecule has 6 nitrogen and oxygen atoms in total. The van der Waals surface area contributed by atoms with Gasteiger partial charge in [-0.15, -0.1) is 0 Å². The monoisotopic (exact) mass is 288 g/mol. The van der Waals surface area contributed by atoms with E-state index in [-0.39, 0.29) is 19.1 Å². The summed E-state index contributed by atoms with van der Waals surface area (Å²) in [6.07, 6.45) is 0. The van der Waals surface area contributed by atoms with E-state index >= 15 is 0 Å². The van der Waals surface area contributed by atoms with Crippen molar-refractivity contribution in [3.63, 3.8) is 0 Å².